The Kier molecular flexibility index (Phi) is 4.78. The van der Waals surface area contributed by atoms with Crippen LogP contribution in [0.5, 0.6) is 5.75 Å². The number of likely N-dealkylation sites (tertiary alicyclic amines) is 1. The summed E-state index contributed by atoms with van der Waals surface area (Å²) >= 11 is 0. The molecule has 4 nitrogen and oxygen atoms in total. The van der Waals surface area contributed by atoms with Crippen molar-refractivity contribution < 1.29 is 14.2 Å². The van der Waals surface area contributed by atoms with Crippen molar-refractivity contribution >= 4 is 0 Å². The molecule has 2 atom stereocenters. The Labute approximate surface area is 127 Å². The molecule has 21 heavy (non-hydrogen) atoms. The molecular weight excluding hydrogens is 266 g/mol. The third kappa shape index (κ3) is 3.57. The van der Waals surface area contributed by atoms with E-state index in [1.807, 2.05) is 0 Å². The van der Waals surface area contributed by atoms with Crippen molar-refractivity contribution in [2.24, 2.45) is 5.92 Å². The van der Waals surface area contributed by atoms with Gasteiger partial charge in [0.1, 0.15) is 5.75 Å². The summed E-state index contributed by atoms with van der Waals surface area (Å²) in [6, 6.07) is 9.00. The van der Waals surface area contributed by atoms with E-state index < -0.39 is 0 Å². The van der Waals surface area contributed by atoms with Gasteiger partial charge >= 0.3 is 0 Å². The van der Waals surface area contributed by atoms with Crippen LogP contribution >= 0.6 is 0 Å². The molecule has 1 aromatic rings. The lowest BCUT2D eigenvalue weighted by Crippen LogP contribution is -2.28. The molecule has 0 amide bonds. The first-order chi connectivity index (χ1) is 10.3. The van der Waals surface area contributed by atoms with Crippen LogP contribution < -0.4 is 4.74 Å². The molecule has 0 aliphatic carbocycles. The molecule has 2 aliphatic rings. The maximum absolute atomic E-state index is 5.55. The molecule has 2 aliphatic heterocycles. The smallest absolute Gasteiger partial charge is 0.159 e. The second-order valence-corrected chi connectivity index (χ2v) is 6.08. The van der Waals surface area contributed by atoms with Crippen LogP contribution in [0, 0.1) is 5.92 Å². The fourth-order valence-electron chi connectivity index (χ4n) is 3.40. The van der Waals surface area contributed by atoms with Crippen LogP contribution in [-0.2, 0) is 9.47 Å². The van der Waals surface area contributed by atoms with Crippen LogP contribution in [0.15, 0.2) is 24.3 Å². The average Bonchev–Trinajstić information content (AvgIpc) is 3.14. The summed E-state index contributed by atoms with van der Waals surface area (Å²) in [4.78, 5) is 2.57. The molecule has 0 radical (unpaired) electrons. The van der Waals surface area contributed by atoms with Crippen molar-refractivity contribution in [3.63, 3.8) is 0 Å². The van der Waals surface area contributed by atoms with E-state index in [4.69, 9.17) is 14.2 Å². The fraction of sp³-hybridized carbons (Fsp3) is 0.647. The molecule has 2 saturated heterocycles. The van der Waals surface area contributed by atoms with Crippen LogP contribution in [0.4, 0.5) is 0 Å². The van der Waals surface area contributed by atoms with Gasteiger partial charge < -0.3 is 14.2 Å². The van der Waals surface area contributed by atoms with Crippen molar-refractivity contribution in [2.45, 2.75) is 32.1 Å². The molecule has 1 aromatic carbocycles. The lowest BCUT2D eigenvalue weighted by atomic mass is 10.0. The zero-order valence-corrected chi connectivity index (χ0v) is 13.0. The Bertz CT molecular complexity index is 442. The van der Waals surface area contributed by atoms with E-state index >= 15 is 0 Å². The van der Waals surface area contributed by atoms with E-state index in [0.29, 0.717) is 6.04 Å². The topological polar surface area (TPSA) is 30.9 Å². The van der Waals surface area contributed by atoms with Crippen molar-refractivity contribution in [3.05, 3.63) is 29.8 Å². The van der Waals surface area contributed by atoms with E-state index in [2.05, 4.69) is 36.1 Å². The second-order valence-electron chi connectivity index (χ2n) is 6.08. The van der Waals surface area contributed by atoms with E-state index in [1.54, 1.807) is 7.11 Å². The summed E-state index contributed by atoms with van der Waals surface area (Å²) in [5.74, 6) is 1.66. The molecule has 4 heteroatoms. The van der Waals surface area contributed by atoms with Crippen LogP contribution in [0.25, 0.3) is 0 Å². The number of nitrogens with zero attached hydrogens (tertiary/aromatic N) is 1. The van der Waals surface area contributed by atoms with Gasteiger partial charge in [-0.1, -0.05) is 19.1 Å². The standard InChI is InChI=1S/C17H25NO3/c1-13-11-16(14-3-5-15(19-2)6-4-14)18(12-13)8-7-17-20-9-10-21-17/h3-6,13,16-17H,7-12H2,1-2H3/t13-,16+/m0/s1. The Morgan fingerprint density at radius 3 is 2.57 bits per heavy atom. The molecule has 0 N–H and O–H groups in total. The van der Waals surface area contributed by atoms with Crippen LogP contribution in [0.1, 0.15) is 31.4 Å². The van der Waals surface area contributed by atoms with Gasteiger partial charge in [-0.2, -0.15) is 0 Å². The maximum atomic E-state index is 5.55. The Balaban J connectivity index is 1.63. The Morgan fingerprint density at radius 1 is 1.19 bits per heavy atom. The van der Waals surface area contributed by atoms with Crippen molar-refractivity contribution in [2.75, 3.05) is 33.4 Å². The maximum Gasteiger partial charge on any atom is 0.159 e. The molecule has 3 rings (SSSR count). The number of rotatable bonds is 5. The number of methoxy groups -OCH3 is 1. The van der Waals surface area contributed by atoms with Gasteiger partial charge in [0.2, 0.25) is 0 Å². The van der Waals surface area contributed by atoms with Gasteiger partial charge in [0.05, 0.1) is 20.3 Å². The van der Waals surface area contributed by atoms with Crippen molar-refractivity contribution in [1.82, 2.24) is 4.90 Å². The first-order valence-electron chi connectivity index (χ1n) is 7.87. The minimum atomic E-state index is -0.00239. The predicted octanol–water partition coefficient (Wildman–Crippen LogP) is 2.84. The van der Waals surface area contributed by atoms with Crippen LogP contribution in [0.2, 0.25) is 0 Å². The normalized spacial score (nSPS) is 27.3. The van der Waals surface area contributed by atoms with E-state index in [-0.39, 0.29) is 6.29 Å². The minimum Gasteiger partial charge on any atom is -0.497 e. The number of benzene rings is 1. The monoisotopic (exact) mass is 291 g/mol. The first-order valence-corrected chi connectivity index (χ1v) is 7.87. The Morgan fingerprint density at radius 2 is 1.90 bits per heavy atom. The highest BCUT2D eigenvalue weighted by Gasteiger charge is 2.31. The van der Waals surface area contributed by atoms with Gasteiger partial charge in [-0.3, -0.25) is 4.90 Å². The molecule has 0 bridgehead atoms. The summed E-state index contributed by atoms with van der Waals surface area (Å²) in [5.41, 5.74) is 1.38. The summed E-state index contributed by atoms with van der Waals surface area (Å²) in [6.07, 6.45) is 2.18. The second kappa shape index (κ2) is 6.77. The average molecular weight is 291 g/mol. The molecule has 116 valence electrons. The van der Waals surface area contributed by atoms with Gasteiger partial charge in [0, 0.05) is 25.6 Å². The van der Waals surface area contributed by atoms with Crippen molar-refractivity contribution in [1.29, 1.82) is 0 Å². The SMILES string of the molecule is COc1ccc([C@H]2C[C@H](C)CN2CCC2OCCO2)cc1. The van der Waals surface area contributed by atoms with Crippen LogP contribution in [0.3, 0.4) is 0 Å². The lowest BCUT2D eigenvalue weighted by molar-refractivity contribution is -0.0522. The third-order valence-corrected chi connectivity index (χ3v) is 4.46. The molecule has 0 aromatic heterocycles. The first kappa shape index (κ1) is 14.8. The van der Waals surface area contributed by atoms with E-state index in [1.165, 1.54) is 12.0 Å². The third-order valence-electron chi connectivity index (χ3n) is 4.46. The molecule has 0 unspecified atom stereocenters. The minimum absolute atomic E-state index is 0.00239. The highest BCUT2D eigenvalue weighted by atomic mass is 16.7. The quantitative estimate of drug-likeness (QED) is 0.834. The van der Waals surface area contributed by atoms with Gasteiger partial charge in [-0.25, -0.2) is 0 Å². The number of ether oxygens (including phenoxy) is 3. The summed E-state index contributed by atoms with van der Waals surface area (Å²) in [7, 11) is 1.71. The van der Waals surface area contributed by atoms with E-state index in [9.17, 15) is 0 Å². The summed E-state index contributed by atoms with van der Waals surface area (Å²) in [5, 5.41) is 0. The zero-order chi connectivity index (χ0) is 14.7. The zero-order valence-electron chi connectivity index (χ0n) is 13.0. The molecule has 0 spiro atoms. The highest BCUT2D eigenvalue weighted by molar-refractivity contribution is 5.29. The van der Waals surface area contributed by atoms with Crippen LogP contribution in [-0.4, -0.2) is 44.6 Å². The summed E-state index contributed by atoms with van der Waals surface area (Å²) in [6.45, 7) is 6.00. The van der Waals surface area contributed by atoms with Gasteiger partial charge in [0.25, 0.3) is 0 Å². The van der Waals surface area contributed by atoms with Gasteiger partial charge in [-0.05, 0) is 30.0 Å². The van der Waals surface area contributed by atoms with Gasteiger partial charge in [-0.15, -0.1) is 0 Å². The van der Waals surface area contributed by atoms with Crippen molar-refractivity contribution in [3.8, 4) is 5.75 Å². The molecule has 0 saturated carbocycles. The number of hydrogen-bond donors (Lipinski definition) is 0. The Hall–Kier alpha value is -1.10. The predicted molar refractivity (Wildman–Crippen MR) is 81.4 cm³/mol. The lowest BCUT2D eigenvalue weighted by Gasteiger charge is -2.25. The van der Waals surface area contributed by atoms with E-state index in [0.717, 1.165) is 44.4 Å². The summed E-state index contributed by atoms with van der Waals surface area (Å²) < 4.78 is 16.3. The largest absolute Gasteiger partial charge is 0.497 e. The fourth-order valence-corrected chi connectivity index (χ4v) is 3.40. The molecule has 2 fully saturated rings. The van der Waals surface area contributed by atoms with Gasteiger partial charge in [0.15, 0.2) is 6.29 Å². The molecular formula is C17H25NO3. The molecule has 2 heterocycles. The number of hydrogen-bond acceptors (Lipinski definition) is 4. The highest BCUT2D eigenvalue weighted by Crippen LogP contribution is 2.36.